The van der Waals surface area contributed by atoms with Gasteiger partial charge < -0.3 is 4.90 Å². The molecule has 0 spiro atoms. The molecule has 1 fully saturated rings. The quantitative estimate of drug-likeness (QED) is 0.268. The lowest BCUT2D eigenvalue weighted by molar-refractivity contribution is -0.383. The van der Waals surface area contributed by atoms with Gasteiger partial charge in [-0.25, -0.2) is 0 Å². The molecule has 6 nitrogen and oxygen atoms in total. The second-order valence-electron chi connectivity index (χ2n) is 8.52. The Morgan fingerprint density at radius 2 is 1.66 bits per heavy atom. The van der Waals surface area contributed by atoms with Crippen molar-refractivity contribution >= 4 is 42.9 Å². The van der Waals surface area contributed by atoms with E-state index < -0.39 is 27.8 Å². The minimum Gasteiger partial charge on any atom is -0.361 e. The number of nitro groups is 1. The highest BCUT2D eigenvalue weighted by atomic mass is 32.1. The maximum Gasteiger partial charge on any atom is 0.416 e. The number of rotatable bonds is 4. The van der Waals surface area contributed by atoms with Gasteiger partial charge in [0.15, 0.2) is 5.43 Å². The maximum atomic E-state index is 13.2. The van der Waals surface area contributed by atoms with Crippen molar-refractivity contribution in [3.8, 4) is 0 Å². The second kappa shape index (κ2) is 8.94. The number of fused-ring (bicyclic) bond motifs is 2. The minimum atomic E-state index is -4.78. The molecule has 5 rings (SSSR count). The highest BCUT2D eigenvalue weighted by molar-refractivity contribution is 7.22. The summed E-state index contributed by atoms with van der Waals surface area (Å²) in [5.41, 5.74) is -1.35. The lowest BCUT2D eigenvalue weighted by Gasteiger charge is -2.35. The van der Waals surface area contributed by atoms with E-state index in [9.17, 15) is 28.1 Å². The van der Waals surface area contributed by atoms with Crippen molar-refractivity contribution in [2.75, 3.05) is 31.1 Å². The number of halogens is 3. The lowest BCUT2D eigenvalue weighted by Crippen LogP contribution is -2.45. The van der Waals surface area contributed by atoms with E-state index in [1.165, 1.54) is 22.4 Å². The molecule has 0 atom stereocenters. The Labute approximate surface area is 202 Å². The largest absolute Gasteiger partial charge is 0.416 e. The maximum absolute atomic E-state index is 13.2. The molecule has 1 saturated heterocycles. The van der Waals surface area contributed by atoms with Gasteiger partial charge in [-0.15, -0.1) is 11.3 Å². The van der Waals surface area contributed by atoms with E-state index in [-0.39, 0.29) is 10.1 Å². The van der Waals surface area contributed by atoms with E-state index in [0.717, 1.165) is 31.0 Å². The van der Waals surface area contributed by atoms with Crippen molar-refractivity contribution in [1.29, 1.82) is 0 Å². The molecule has 0 unspecified atom stereocenters. The van der Waals surface area contributed by atoms with E-state index in [0.29, 0.717) is 30.2 Å². The van der Waals surface area contributed by atoms with Gasteiger partial charge in [-0.3, -0.25) is 19.8 Å². The molecule has 3 aromatic carbocycles. The van der Waals surface area contributed by atoms with Gasteiger partial charge in [0.1, 0.15) is 4.70 Å². The van der Waals surface area contributed by atoms with Crippen molar-refractivity contribution in [1.82, 2.24) is 4.90 Å². The number of anilines is 1. The third-order valence-corrected chi connectivity index (χ3v) is 7.44. The van der Waals surface area contributed by atoms with Crippen molar-refractivity contribution in [2.45, 2.75) is 12.7 Å². The van der Waals surface area contributed by atoms with Crippen LogP contribution in [-0.4, -0.2) is 36.0 Å². The average Bonchev–Trinajstić information content (AvgIpc) is 2.83. The number of nitro benzene ring substituents is 1. The lowest BCUT2D eigenvalue weighted by atomic mass is 10.1. The molecule has 4 aromatic rings. The van der Waals surface area contributed by atoms with Crippen LogP contribution in [0.25, 0.3) is 20.9 Å². The average molecular weight is 500 g/mol. The molecule has 35 heavy (non-hydrogen) atoms. The van der Waals surface area contributed by atoms with E-state index in [2.05, 4.69) is 35.2 Å². The first kappa shape index (κ1) is 23.3. The summed E-state index contributed by atoms with van der Waals surface area (Å²) in [6.45, 7) is 3.42. The molecule has 1 aliphatic heterocycles. The van der Waals surface area contributed by atoms with Gasteiger partial charge in [-0.1, -0.05) is 36.4 Å². The topological polar surface area (TPSA) is 66.7 Å². The van der Waals surface area contributed by atoms with Gasteiger partial charge in [0.2, 0.25) is 0 Å². The Hall–Kier alpha value is -3.50. The fourth-order valence-corrected chi connectivity index (χ4v) is 5.60. The third-order valence-electron chi connectivity index (χ3n) is 6.22. The third kappa shape index (κ3) is 4.71. The SMILES string of the molecule is O=c1cc(N2CCN(Cc3ccc4ccccc4c3)CC2)sc2c([N+](=O)[O-])cc(C(F)(F)F)cc12. The highest BCUT2D eigenvalue weighted by Gasteiger charge is 2.34. The van der Waals surface area contributed by atoms with Crippen molar-refractivity contribution in [3.05, 3.63) is 92.1 Å². The first-order valence-corrected chi connectivity index (χ1v) is 11.8. The van der Waals surface area contributed by atoms with Gasteiger partial charge in [0.05, 0.1) is 15.5 Å². The number of nitrogens with zero attached hydrogens (tertiary/aromatic N) is 3. The van der Waals surface area contributed by atoms with Crippen LogP contribution in [0.5, 0.6) is 0 Å². The molecule has 10 heteroatoms. The van der Waals surface area contributed by atoms with Crippen LogP contribution in [-0.2, 0) is 12.7 Å². The predicted molar refractivity (Wildman–Crippen MR) is 131 cm³/mol. The molecule has 0 bridgehead atoms. The zero-order valence-corrected chi connectivity index (χ0v) is 19.2. The van der Waals surface area contributed by atoms with Crippen LogP contribution in [0.15, 0.2) is 65.5 Å². The molecule has 0 saturated carbocycles. The van der Waals surface area contributed by atoms with Crippen LogP contribution in [0, 0.1) is 10.1 Å². The molecule has 0 aliphatic carbocycles. The monoisotopic (exact) mass is 499 g/mol. The summed E-state index contributed by atoms with van der Waals surface area (Å²) in [7, 11) is 0. The number of non-ortho nitro benzene ring substituents is 1. The summed E-state index contributed by atoms with van der Waals surface area (Å²) in [6, 6.07) is 17.0. The molecular formula is C25H20F3N3O3S. The van der Waals surface area contributed by atoms with Gasteiger partial charge >= 0.3 is 6.18 Å². The summed E-state index contributed by atoms with van der Waals surface area (Å²) >= 11 is 0.987. The van der Waals surface area contributed by atoms with Gasteiger partial charge in [-0.05, 0) is 28.5 Å². The summed E-state index contributed by atoms with van der Waals surface area (Å²) in [6.07, 6.45) is -4.78. The van der Waals surface area contributed by atoms with Gasteiger partial charge in [0, 0.05) is 50.2 Å². The number of alkyl halides is 3. The van der Waals surface area contributed by atoms with Crippen LogP contribution in [0.4, 0.5) is 23.9 Å². The Morgan fingerprint density at radius 3 is 2.34 bits per heavy atom. The Morgan fingerprint density at radius 1 is 0.943 bits per heavy atom. The molecule has 1 aliphatic rings. The van der Waals surface area contributed by atoms with Crippen LogP contribution < -0.4 is 10.3 Å². The summed E-state index contributed by atoms with van der Waals surface area (Å²) in [4.78, 5) is 27.6. The smallest absolute Gasteiger partial charge is 0.361 e. The Kier molecular flexibility index (Phi) is 5.94. The van der Waals surface area contributed by atoms with E-state index in [1.807, 2.05) is 17.0 Å². The second-order valence-corrected chi connectivity index (χ2v) is 9.55. The zero-order chi connectivity index (χ0) is 24.7. The predicted octanol–water partition coefficient (Wildman–Crippen LogP) is 5.66. The molecule has 1 aromatic heterocycles. The van der Waals surface area contributed by atoms with Crippen LogP contribution >= 0.6 is 11.3 Å². The molecule has 0 radical (unpaired) electrons. The molecular weight excluding hydrogens is 479 g/mol. The molecule has 2 heterocycles. The number of hydrogen-bond acceptors (Lipinski definition) is 6. The number of piperazine rings is 1. The van der Waals surface area contributed by atoms with Crippen molar-refractivity contribution in [3.63, 3.8) is 0 Å². The van der Waals surface area contributed by atoms with Crippen LogP contribution in [0.3, 0.4) is 0 Å². The normalized spacial score (nSPS) is 15.1. The first-order chi connectivity index (χ1) is 16.7. The Bertz CT molecular complexity index is 1490. The van der Waals surface area contributed by atoms with E-state index in [4.69, 9.17) is 0 Å². The van der Waals surface area contributed by atoms with Crippen LogP contribution in [0.2, 0.25) is 0 Å². The molecule has 0 amide bonds. The number of hydrogen-bond donors (Lipinski definition) is 0. The zero-order valence-electron chi connectivity index (χ0n) is 18.4. The summed E-state index contributed by atoms with van der Waals surface area (Å²) in [5, 5.41) is 14.1. The Balaban J connectivity index is 1.37. The number of benzene rings is 3. The highest BCUT2D eigenvalue weighted by Crippen LogP contribution is 2.39. The van der Waals surface area contributed by atoms with E-state index in [1.54, 1.807) is 0 Å². The summed E-state index contributed by atoms with van der Waals surface area (Å²) < 4.78 is 39.6. The van der Waals surface area contributed by atoms with Crippen molar-refractivity contribution < 1.29 is 18.1 Å². The van der Waals surface area contributed by atoms with E-state index >= 15 is 0 Å². The van der Waals surface area contributed by atoms with Crippen molar-refractivity contribution in [2.24, 2.45) is 0 Å². The summed E-state index contributed by atoms with van der Waals surface area (Å²) in [5.74, 6) is 0. The fourth-order valence-electron chi connectivity index (χ4n) is 4.40. The van der Waals surface area contributed by atoms with Gasteiger partial charge in [-0.2, -0.15) is 13.2 Å². The minimum absolute atomic E-state index is 0.0379. The molecule has 0 N–H and O–H groups in total. The first-order valence-electron chi connectivity index (χ1n) is 11.0. The fraction of sp³-hybridized carbons (Fsp3) is 0.240. The van der Waals surface area contributed by atoms with Crippen LogP contribution in [0.1, 0.15) is 11.1 Å². The standard InChI is InChI=1S/C25H20F3N3O3S/c26-25(27,28)19-12-20-22(32)14-23(35-24(20)21(13-19)31(33)34)30-9-7-29(8-10-30)15-16-5-6-17-3-1-2-4-18(17)11-16/h1-6,11-14H,7-10,15H2. The van der Waals surface area contributed by atoms with Gasteiger partial charge in [0.25, 0.3) is 5.69 Å². The molecule has 180 valence electrons.